The zero-order valence-corrected chi connectivity index (χ0v) is 10.4. The molecule has 0 aliphatic rings. The first-order valence-electron chi connectivity index (χ1n) is 5.47. The Bertz CT molecular complexity index is 555. The normalized spacial score (nSPS) is 10.1. The molecule has 0 amide bonds. The summed E-state index contributed by atoms with van der Waals surface area (Å²) in [6.45, 7) is 0.418. The van der Waals surface area contributed by atoms with Crippen LogP contribution in [0.3, 0.4) is 0 Å². The molecule has 0 saturated carbocycles. The lowest BCUT2D eigenvalue weighted by Crippen LogP contribution is -2.13. The molecule has 0 spiro atoms. The second-order valence-corrected chi connectivity index (χ2v) is 4.26. The lowest BCUT2D eigenvalue weighted by molar-refractivity contribution is 0.305. The van der Waals surface area contributed by atoms with Gasteiger partial charge in [0.1, 0.15) is 18.2 Å². The molecule has 0 bridgehead atoms. The van der Waals surface area contributed by atoms with E-state index in [9.17, 15) is 0 Å². The average Bonchev–Trinajstić information content (AvgIpc) is 2.37. The van der Waals surface area contributed by atoms with E-state index in [0.717, 1.165) is 5.56 Å². The van der Waals surface area contributed by atoms with Gasteiger partial charge >= 0.3 is 0 Å². The maximum Gasteiger partial charge on any atom is 0.132 e. The molecule has 0 aromatic heterocycles. The number of ether oxygens (including phenoxy) is 1. The highest BCUT2D eigenvalue weighted by atomic mass is 35.5. The fourth-order valence-corrected chi connectivity index (χ4v) is 1.74. The first kappa shape index (κ1) is 12.5. The molecule has 0 saturated heterocycles. The van der Waals surface area contributed by atoms with Crippen LogP contribution in [0.4, 0.5) is 0 Å². The summed E-state index contributed by atoms with van der Waals surface area (Å²) in [6.07, 6.45) is 0. The molecular weight excluding hydrogens is 248 g/mol. The van der Waals surface area contributed by atoms with E-state index >= 15 is 0 Å². The van der Waals surface area contributed by atoms with E-state index in [2.05, 4.69) is 0 Å². The van der Waals surface area contributed by atoms with Gasteiger partial charge in [0.05, 0.1) is 5.56 Å². The van der Waals surface area contributed by atoms with Gasteiger partial charge in [0, 0.05) is 5.02 Å². The second kappa shape index (κ2) is 5.56. The lowest BCUT2D eigenvalue weighted by atomic mass is 10.2. The number of nitrogens with one attached hydrogen (secondary N) is 1. The molecule has 2 aromatic carbocycles. The minimum atomic E-state index is -0.0327. The van der Waals surface area contributed by atoms with Gasteiger partial charge < -0.3 is 10.5 Å². The largest absolute Gasteiger partial charge is 0.488 e. The van der Waals surface area contributed by atoms with Gasteiger partial charge in [-0.3, -0.25) is 5.41 Å². The summed E-state index contributed by atoms with van der Waals surface area (Å²) in [5.74, 6) is 0.494. The van der Waals surface area contributed by atoms with Crippen molar-refractivity contribution in [1.29, 1.82) is 5.41 Å². The number of nitrogen functional groups attached to an aromatic ring is 1. The first-order chi connectivity index (χ1) is 8.66. The molecule has 0 aliphatic heterocycles. The predicted octanol–water partition coefficient (Wildman–Crippen LogP) is 3.20. The third kappa shape index (κ3) is 3.02. The predicted molar refractivity (Wildman–Crippen MR) is 73.2 cm³/mol. The lowest BCUT2D eigenvalue weighted by Gasteiger charge is -2.11. The number of benzene rings is 2. The van der Waals surface area contributed by atoms with E-state index < -0.39 is 0 Å². The van der Waals surface area contributed by atoms with E-state index in [0.29, 0.717) is 22.9 Å². The van der Waals surface area contributed by atoms with Crippen LogP contribution in [0.15, 0.2) is 48.5 Å². The maximum absolute atomic E-state index is 7.48. The summed E-state index contributed by atoms with van der Waals surface area (Å²) in [4.78, 5) is 0. The van der Waals surface area contributed by atoms with Gasteiger partial charge in [0.2, 0.25) is 0 Å². The van der Waals surface area contributed by atoms with Crippen molar-refractivity contribution in [3.8, 4) is 5.75 Å². The van der Waals surface area contributed by atoms with Gasteiger partial charge in [-0.2, -0.15) is 0 Å². The quantitative estimate of drug-likeness (QED) is 0.655. The minimum absolute atomic E-state index is 0.0327. The third-order valence-electron chi connectivity index (χ3n) is 2.47. The second-order valence-electron chi connectivity index (χ2n) is 3.83. The molecule has 0 atom stereocenters. The van der Waals surface area contributed by atoms with Crippen molar-refractivity contribution in [3.63, 3.8) is 0 Å². The van der Waals surface area contributed by atoms with Crippen molar-refractivity contribution < 1.29 is 4.74 Å². The fraction of sp³-hybridized carbons (Fsp3) is 0.0714. The fourth-order valence-electron chi connectivity index (χ4n) is 1.57. The number of hydrogen-bond acceptors (Lipinski definition) is 2. The highest BCUT2D eigenvalue weighted by Gasteiger charge is 2.07. The zero-order chi connectivity index (χ0) is 13.0. The van der Waals surface area contributed by atoms with Gasteiger partial charge in [0.25, 0.3) is 0 Å². The van der Waals surface area contributed by atoms with Crippen LogP contribution in [0.5, 0.6) is 5.75 Å². The molecule has 3 nitrogen and oxygen atoms in total. The van der Waals surface area contributed by atoms with Gasteiger partial charge in [-0.05, 0) is 23.8 Å². The monoisotopic (exact) mass is 260 g/mol. The third-order valence-corrected chi connectivity index (χ3v) is 2.71. The molecule has 2 aromatic rings. The molecule has 4 heteroatoms. The van der Waals surface area contributed by atoms with Crippen LogP contribution < -0.4 is 10.5 Å². The average molecular weight is 261 g/mol. The molecular formula is C14H13ClN2O. The van der Waals surface area contributed by atoms with Crippen molar-refractivity contribution in [3.05, 3.63) is 64.7 Å². The summed E-state index contributed by atoms with van der Waals surface area (Å²) in [5, 5.41) is 8.04. The summed E-state index contributed by atoms with van der Waals surface area (Å²) in [6, 6.07) is 14.8. The molecule has 2 rings (SSSR count). The van der Waals surface area contributed by atoms with Crippen LogP contribution >= 0.6 is 11.6 Å². The molecule has 18 heavy (non-hydrogen) atoms. The smallest absolute Gasteiger partial charge is 0.132 e. The van der Waals surface area contributed by atoms with Gasteiger partial charge in [-0.1, -0.05) is 41.9 Å². The summed E-state index contributed by atoms with van der Waals surface area (Å²) in [5.41, 5.74) is 7.09. The Hall–Kier alpha value is -2.00. The van der Waals surface area contributed by atoms with E-state index in [1.807, 2.05) is 30.3 Å². The number of halogens is 1. The van der Waals surface area contributed by atoms with Gasteiger partial charge in [-0.15, -0.1) is 0 Å². The highest BCUT2D eigenvalue weighted by Crippen LogP contribution is 2.24. The van der Waals surface area contributed by atoms with E-state index in [1.165, 1.54) is 0 Å². The van der Waals surface area contributed by atoms with Crippen LogP contribution in [0.1, 0.15) is 11.1 Å². The molecule has 0 unspecified atom stereocenters. The SMILES string of the molecule is N=C(N)c1ccc(Cl)cc1OCc1ccccc1. The highest BCUT2D eigenvalue weighted by molar-refractivity contribution is 6.30. The Labute approximate surface area is 111 Å². The van der Waals surface area contributed by atoms with E-state index in [4.69, 9.17) is 27.5 Å². The number of amidine groups is 1. The van der Waals surface area contributed by atoms with Crippen molar-refractivity contribution in [2.24, 2.45) is 5.73 Å². The Morgan fingerprint density at radius 3 is 2.56 bits per heavy atom. The van der Waals surface area contributed by atoms with Crippen molar-refractivity contribution in [2.45, 2.75) is 6.61 Å². The van der Waals surface area contributed by atoms with Crippen LogP contribution in [-0.4, -0.2) is 5.84 Å². The van der Waals surface area contributed by atoms with Crippen LogP contribution in [0.2, 0.25) is 5.02 Å². The summed E-state index contributed by atoms with van der Waals surface area (Å²) >= 11 is 5.91. The maximum atomic E-state index is 7.48. The van der Waals surface area contributed by atoms with Crippen molar-refractivity contribution >= 4 is 17.4 Å². The molecule has 92 valence electrons. The standard InChI is InChI=1S/C14H13ClN2O/c15-11-6-7-12(14(16)17)13(8-11)18-9-10-4-2-1-3-5-10/h1-8H,9H2,(H3,16,17). The first-order valence-corrected chi connectivity index (χ1v) is 5.85. The Morgan fingerprint density at radius 1 is 1.17 bits per heavy atom. The summed E-state index contributed by atoms with van der Waals surface area (Å²) < 4.78 is 5.66. The number of rotatable bonds is 4. The van der Waals surface area contributed by atoms with E-state index in [-0.39, 0.29) is 5.84 Å². The Morgan fingerprint density at radius 2 is 1.89 bits per heavy atom. The molecule has 0 radical (unpaired) electrons. The molecule has 0 fully saturated rings. The van der Waals surface area contributed by atoms with E-state index in [1.54, 1.807) is 18.2 Å². The van der Waals surface area contributed by atoms with Crippen LogP contribution in [0, 0.1) is 5.41 Å². The number of nitrogens with two attached hydrogens (primary N) is 1. The minimum Gasteiger partial charge on any atom is -0.488 e. The Kier molecular flexibility index (Phi) is 3.85. The summed E-state index contributed by atoms with van der Waals surface area (Å²) in [7, 11) is 0. The zero-order valence-electron chi connectivity index (χ0n) is 9.69. The molecule has 0 heterocycles. The van der Waals surface area contributed by atoms with Crippen molar-refractivity contribution in [2.75, 3.05) is 0 Å². The van der Waals surface area contributed by atoms with Crippen LogP contribution in [-0.2, 0) is 6.61 Å². The molecule has 3 N–H and O–H groups in total. The Balaban J connectivity index is 2.18. The topological polar surface area (TPSA) is 59.1 Å². The van der Waals surface area contributed by atoms with Crippen molar-refractivity contribution in [1.82, 2.24) is 0 Å². The van der Waals surface area contributed by atoms with Crippen LogP contribution in [0.25, 0.3) is 0 Å². The van der Waals surface area contributed by atoms with Gasteiger partial charge in [-0.25, -0.2) is 0 Å². The van der Waals surface area contributed by atoms with Gasteiger partial charge in [0.15, 0.2) is 0 Å². The molecule has 0 aliphatic carbocycles. The number of hydrogen-bond donors (Lipinski definition) is 2.